The van der Waals surface area contributed by atoms with Crippen molar-refractivity contribution < 1.29 is 47.4 Å². The molecule has 0 bridgehead atoms. The summed E-state index contributed by atoms with van der Waals surface area (Å²) in [6, 6.07) is 0.0908. The van der Waals surface area contributed by atoms with Crippen LogP contribution in [0.4, 0.5) is 5.13 Å². The number of anilines is 1. The number of aliphatic carboxylic acids is 1. The summed E-state index contributed by atoms with van der Waals surface area (Å²) >= 11 is 0.966. The highest BCUT2D eigenvalue weighted by Crippen LogP contribution is 2.25. The molecule has 5 N–H and O–H groups in total. The van der Waals surface area contributed by atoms with E-state index < -0.39 is 85.9 Å². The minimum absolute atomic E-state index is 0.0325. The summed E-state index contributed by atoms with van der Waals surface area (Å²) in [6.07, 6.45) is 0.407. The maximum Gasteiger partial charge on any atom is 0.361 e. The van der Waals surface area contributed by atoms with E-state index in [-0.39, 0.29) is 39.6 Å². The predicted octanol–water partition coefficient (Wildman–Crippen LogP) is -1.24. The standard InChI is InChI=1S/C26H30N8O12S2/c1-12(9-45-4)33-21(14-6-16(35)18(37)7-28-14)30-34(25(33)42)48(43,44)11-19(38)32-8-13(22(32)39)5-17(36)20(15-10-47-24(27)29-15)31-46-26(2,3)23(40)41/h6-7,10,12-13,37H,5,8-9,11H2,1-4H3,(H2,27,29)(H,28,35)(H,40,41)/b31-20-/t12?,13-/m0/s1. The van der Waals surface area contributed by atoms with Crippen LogP contribution in [0.15, 0.2) is 32.4 Å². The van der Waals surface area contributed by atoms with Crippen molar-refractivity contribution in [2.75, 3.05) is 31.7 Å². The van der Waals surface area contributed by atoms with Crippen LogP contribution in [-0.4, -0.2) is 108 Å². The zero-order valence-electron chi connectivity index (χ0n) is 25.8. The van der Waals surface area contributed by atoms with Gasteiger partial charge in [-0.05, 0) is 20.8 Å². The second-order valence-electron chi connectivity index (χ2n) is 11.1. The lowest BCUT2D eigenvalue weighted by Crippen LogP contribution is -2.57. The monoisotopic (exact) mass is 710 g/mol. The summed E-state index contributed by atoms with van der Waals surface area (Å²) in [5, 5.41) is 27.8. The van der Waals surface area contributed by atoms with Crippen LogP contribution < -0.4 is 16.9 Å². The first-order valence-corrected chi connectivity index (χ1v) is 16.3. The van der Waals surface area contributed by atoms with E-state index in [1.54, 1.807) is 0 Å². The maximum atomic E-state index is 13.3. The van der Waals surface area contributed by atoms with Gasteiger partial charge < -0.3 is 30.5 Å². The molecule has 2 amide bonds. The number of rotatable bonds is 14. The van der Waals surface area contributed by atoms with Crippen molar-refractivity contribution in [3.63, 3.8) is 0 Å². The van der Waals surface area contributed by atoms with Crippen molar-refractivity contribution in [2.45, 2.75) is 38.8 Å². The first kappa shape index (κ1) is 35.6. The number of carboxylic acids is 1. The van der Waals surface area contributed by atoms with E-state index in [9.17, 15) is 47.4 Å². The number of nitrogens with one attached hydrogen (secondary N) is 1. The first-order valence-electron chi connectivity index (χ1n) is 13.8. The van der Waals surface area contributed by atoms with E-state index in [0.29, 0.717) is 4.90 Å². The molecule has 1 saturated heterocycles. The number of aromatic hydroxyl groups is 1. The Balaban J connectivity index is 1.52. The predicted molar refractivity (Wildman–Crippen MR) is 166 cm³/mol. The zero-order chi connectivity index (χ0) is 35.7. The van der Waals surface area contributed by atoms with Gasteiger partial charge in [0.25, 0.3) is 10.0 Å². The molecule has 3 aromatic heterocycles. The van der Waals surface area contributed by atoms with Gasteiger partial charge in [0.05, 0.1) is 24.3 Å². The number of hydrogen-bond acceptors (Lipinski definition) is 16. The Morgan fingerprint density at radius 3 is 2.52 bits per heavy atom. The van der Waals surface area contributed by atoms with Gasteiger partial charge in [0, 0.05) is 37.7 Å². The van der Waals surface area contributed by atoms with E-state index in [2.05, 4.69) is 20.2 Å². The molecule has 3 aromatic rings. The second-order valence-corrected chi connectivity index (χ2v) is 13.7. The number of pyridine rings is 1. The number of Topliss-reactive ketones (excluding diaryl/α,β-unsaturated/α-hetero) is 1. The van der Waals surface area contributed by atoms with Gasteiger partial charge in [0.2, 0.25) is 22.8 Å². The lowest BCUT2D eigenvalue weighted by atomic mass is 9.91. The van der Waals surface area contributed by atoms with Crippen LogP contribution in [0.3, 0.4) is 0 Å². The summed E-state index contributed by atoms with van der Waals surface area (Å²) in [4.78, 5) is 87.8. The van der Waals surface area contributed by atoms with Crippen molar-refractivity contribution in [1.29, 1.82) is 0 Å². The van der Waals surface area contributed by atoms with Gasteiger partial charge in [-0.25, -0.2) is 23.0 Å². The van der Waals surface area contributed by atoms with Crippen molar-refractivity contribution in [2.24, 2.45) is 11.1 Å². The van der Waals surface area contributed by atoms with Crippen LogP contribution in [0.5, 0.6) is 5.75 Å². The summed E-state index contributed by atoms with van der Waals surface area (Å²) in [7, 11) is -3.51. The lowest BCUT2D eigenvalue weighted by molar-refractivity contribution is -0.161. The van der Waals surface area contributed by atoms with E-state index in [4.69, 9.17) is 15.3 Å². The largest absolute Gasteiger partial charge is 0.503 e. The SMILES string of the molecule is COCC(C)n1c(-c2cc(=O)c(O)c[nH]2)nn(S(=O)(=O)CC(=O)N2C[C@H](CC(=O)/C(=N\OC(C)(C)C(=O)O)c3csc(N)n3)C2=O)c1=O. The number of ether oxygens (including phenoxy) is 1. The number of methoxy groups -OCH3 is 1. The van der Waals surface area contributed by atoms with Gasteiger partial charge >= 0.3 is 11.7 Å². The third-order valence-corrected chi connectivity index (χ3v) is 9.05. The summed E-state index contributed by atoms with van der Waals surface area (Å²) in [6.45, 7) is 3.46. The van der Waals surface area contributed by atoms with Gasteiger partial charge in [-0.1, -0.05) is 5.16 Å². The molecule has 48 heavy (non-hydrogen) atoms. The van der Waals surface area contributed by atoms with Crippen molar-refractivity contribution in [1.82, 2.24) is 28.6 Å². The normalized spacial score (nSPS) is 16.0. The Kier molecular flexibility index (Phi) is 10.0. The fraction of sp³-hybridized carbons (Fsp3) is 0.423. The molecule has 2 atom stereocenters. The number of nitrogens with zero attached hydrogens (tertiary/aromatic N) is 6. The molecule has 0 aromatic carbocycles. The Bertz CT molecular complexity index is 2040. The molecule has 4 heterocycles. The van der Waals surface area contributed by atoms with Crippen molar-refractivity contribution in [3.8, 4) is 17.3 Å². The number of likely N-dealkylation sites (tertiary alicyclic amines) is 1. The van der Waals surface area contributed by atoms with Crippen LogP contribution in [0.2, 0.25) is 0 Å². The van der Waals surface area contributed by atoms with Crippen molar-refractivity contribution >= 4 is 55.8 Å². The molecule has 0 radical (unpaired) electrons. The number of hydrogen-bond donors (Lipinski definition) is 4. The van der Waals surface area contributed by atoms with Gasteiger partial charge in [-0.2, -0.15) is 0 Å². The van der Waals surface area contributed by atoms with E-state index in [1.165, 1.54) is 33.3 Å². The number of thiazole rings is 1. The van der Waals surface area contributed by atoms with E-state index in [0.717, 1.165) is 28.2 Å². The van der Waals surface area contributed by atoms with Crippen LogP contribution in [0.25, 0.3) is 11.5 Å². The molecule has 1 aliphatic rings. The van der Waals surface area contributed by atoms with Gasteiger partial charge in [-0.3, -0.25) is 28.6 Å². The van der Waals surface area contributed by atoms with Crippen LogP contribution >= 0.6 is 11.3 Å². The van der Waals surface area contributed by atoms with Crippen LogP contribution in [-0.2, 0) is 38.8 Å². The molecule has 0 saturated carbocycles. The molecule has 1 aliphatic heterocycles. The molecule has 4 rings (SSSR count). The smallest absolute Gasteiger partial charge is 0.361 e. The summed E-state index contributed by atoms with van der Waals surface area (Å²) in [5.74, 6) is -7.64. The number of nitrogen functional groups attached to an aromatic ring is 1. The highest BCUT2D eigenvalue weighted by molar-refractivity contribution is 7.90. The number of aromatic amines is 1. The number of ketones is 1. The molecule has 20 nitrogen and oxygen atoms in total. The maximum absolute atomic E-state index is 13.3. The minimum Gasteiger partial charge on any atom is -0.503 e. The Labute approximate surface area is 274 Å². The third-order valence-electron chi connectivity index (χ3n) is 6.99. The molecular formula is C26H30N8O12S2. The third kappa shape index (κ3) is 7.18. The molecule has 258 valence electrons. The molecule has 0 spiro atoms. The highest BCUT2D eigenvalue weighted by atomic mass is 32.2. The highest BCUT2D eigenvalue weighted by Gasteiger charge is 2.44. The minimum atomic E-state index is -4.85. The molecule has 1 unspecified atom stereocenters. The average molecular weight is 711 g/mol. The second kappa shape index (κ2) is 13.5. The van der Waals surface area contributed by atoms with E-state index >= 15 is 0 Å². The number of imide groups is 1. The van der Waals surface area contributed by atoms with Gasteiger partial charge in [0.1, 0.15) is 5.69 Å². The molecular weight excluding hydrogens is 680 g/mol. The van der Waals surface area contributed by atoms with E-state index in [1.807, 2.05) is 0 Å². The number of carbonyl (C=O) groups is 4. The number of H-pyrrole nitrogens is 1. The summed E-state index contributed by atoms with van der Waals surface area (Å²) in [5.41, 5.74) is 1.21. The number of carbonyl (C=O) groups excluding carboxylic acids is 3. The molecule has 22 heteroatoms. The number of carboxylic acid groups (broad SMARTS) is 1. The molecule has 0 aliphatic carbocycles. The number of oxime groups is 1. The zero-order valence-corrected chi connectivity index (χ0v) is 27.4. The Morgan fingerprint density at radius 1 is 1.27 bits per heavy atom. The average Bonchev–Trinajstić information content (AvgIpc) is 3.59. The number of nitrogens with two attached hydrogens (primary N) is 1. The first-order chi connectivity index (χ1) is 22.4. The van der Waals surface area contributed by atoms with Crippen molar-refractivity contribution in [3.05, 3.63) is 44.0 Å². The number of aromatic nitrogens is 5. The van der Waals surface area contributed by atoms with Gasteiger partial charge in [0.15, 0.2) is 34.0 Å². The van der Waals surface area contributed by atoms with Gasteiger partial charge in [-0.15, -0.1) is 20.5 Å². The molecule has 1 fully saturated rings. The van der Waals surface area contributed by atoms with Crippen LogP contribution in [0, 0.1) is 5.92 Å². The Hall–Kier alpha value is -5.22. The summed E-state index contributed by atoms with van der Waals surface area (Å²) < 4.78 is 32.6. The lowest BCUT2D eigenvalue weighted by Gasteiger charge is -2.36. The number of amides is 2. The van der Waals surface area contributed by atoms with Crippen LogP contribution in [0.1, 0.15) is 38.9 Å². The Morgan fingerprint density at radius 2 is 1.96 bits per heavy atom. The fourth-order valence-corrected chi connectivity index (χ4v) is 6.02. The fourth-order valence-electron chi connectivity index (χ4n) is 4.35. The quantitative estimate of drug-likeness (QED) is 0.0864. The number of β-lactam (4-membered cyclic amide) rings is 1. The topological polar surface area (TPSA) is 289 Å².